The summed E-state index contributed by atoms with van der Waals surface area (Å²) in [5.74, 6) is 2.58. The first-order chi connectivity index (χ1) is 15.0. The molecule has 2 heterocycles. The molecule has 31 heavy (non-hydrogen) atoms. The Morgan fingerprint density at radius 1 is 1.16 bits per heavy atom. The Hall–Kier alpha value is -3.35. The van der Waals surface area contributed by atoms with E-state index >= 15 is 0 Å². The Kier molecular flexibility index (Phi) is 5.93. The van der Waals surface area contributed by atoms with E-state index in [-0.39, 0.29) is 11.8 Å². The second kappa shape index (κ2) is 8.79. The van der Waals surface area contributed by atoms with E-state index in [9.17, 15) is 4.79 Å². The number of ether oxygens (including phenoxy) is 2. The number of methoxy groups -OCH3 is 1. The molecule has 162 valence electrons. The van der Waals surface area contributed by atoms with E-state index in [0.717, 1.165) is 11.3 Å². The lowest BCUT2D eigenvalue weighted by atomic mass is 10.0. The molecule has 1 aromatic heterocycles. The third-order valence-corrected chi connectivity index (χ3v) is 5.51. The second-order valence-corrected chi connectivity index (χ2v) is 7.91. The molecule has 7 heteroatoms. The SMILES string of the molecule is CCOc1ccc(-c2noc(C3CC(=O)N(c4ccc(C(C)C)cc4)C3)n2)cc1OC. The minimum absolute atomic E-state index is 0.0600. The minimum Gasteiger partial charge on any atom is -0.493 e. The molecule has 0 radical (unpaired) electrons. The van der Waals surface area contributed by atoms with E-state index in [1.54, 1.807) is 12.0 Å². The number of anilines is 1. The molecule has 0 aliphatic carbocycles. The van der Waals surface area contributed by atoms with E-state index in [1.165, 1.54) is 5.56 Å². The predicted octanol–water partition coefficient (Wildman–Crippen LogP) is 4.79. The molecule has 0 saturated carbocycles. The number of hydrogen-bond acceptors (Lipinski definition) is 6. The van der Waals surface area contributed by atoms with Crippen LogP contribution in [-0.4, -0.2) is 36.3 Å². The highest BCUT2D eigenvalue weighted by molar-refractivity contribution is 5.96. The molecular weight excluding hydrogens is 394 g/mol. The highest BCUT2D eigenvalue weighted by Gasteiger charge is 2.35. The van der Waals surface area contributed by atoms with Crippen molar-refractivity contribution < 1.29 is 18.8 Å². The topological polar surface area (TPSA) is 77.7 Å². The van der Waals surface area contributed by atoms with Crippen LogP contribution >= 0.6 is 0 Å². The van der Waals surface area contributed by atoms with Gasteiger partial charge in [0.2, 0.25) is 17.6 Å². The van der Waals surface area contributed by atoms with E-state index < -0.39 is 0 Å². The van der Waals surface area contributed by atoms with Gasteiger partial charge in [-0.05, 0) is 48.7 Å². The van der Waals surface area contributed by atoms with Gasteiger partial charge in [0, 0.05) is 24.2 Å². The number of carbonyl (C=O) groups excluding carboxylic acids is 1. The zero-order valence-electron chi connectivity index (χ0n) is 18.3. The fraction of sp³-hybridized carbons (Fsp3) is 0.375. The molecule has 1 fully saturated rings. The summed E-state index contributed by atoms with van der Waals surface area (Å²) in [6.45, 7) is 7.30. The number of hydrogen-bond donors (Lipinski definition) is 0. The lowest BCUT2D eigenvalue weighted by molar-refractivity contribution is -0.117. The summed E-state index contributed by atoms with van der Waals surface area (Å²) in [5, 5.41) is 4.12. The largest absolute Gasteiger partial charge is 0.493 e. The maximum Gasteiger partial charge on any atom is 0.232 e. The van der Waals surface area contributed by atoms with Crippen LogP contribution < -0.4 is 14.4 Å². The van der Waals surface area contributed by atoms with Gasteiger partial charge in [-0.2, -0.15) is 4.98 Å². The summed E-state index contributed by atoms with van der Waals surface area (Å²) in [4.78, 5) is 19.0. The van der Waals surface area contributed by atoms with Gasteiger partial charge in [0.25, 0.3) is 0 Å². The number of rotatable bonds is 7. The Balaban J connectivity index is 1.51. The summed E-state index contributed by atoms with van der Waals surface area (Å²) in [7, 11) is 1.59. The van der Waals surface area contributed by atoms with Crippen molar-refractivity contribution in [2.24, 2.45) is 0 Å². The fourth-order valence-electron chi connectivity index (χ4n) is 3.76. The van der Waals surface area contributed by atoms with E-state index in [1.807, 2.05) is 37.3 Å². The van der Waals surface area contributed by atoms with Crippen LogP contribution in [0.1, 0.15) is 50.5 Å². The molecule has 3 aromatic rings. The summed E-state index contributed by atoms with van der Waals surface area (Å²) in [5.41, 5.74) is 2.91. The van der Waals surface area contributed by atoms with Gasteiger partial charge in [-0.3, -0.25) is 4.79 Å². The molecule has 1 amide bonds. The first kappa shape index (κ1) is 20.9. The fourth-order valence-corrected chi connectivity index (χ4v) is 3.76. The third-order valence-electron chi connectivity index (χ3n) is 5.51. The lowest BCUT2D eigenvalue weighted by Crippen LogP contribution is -2.24. The first-order valence-corrected chi connectivity index (χ1v) is 10.5. The molecule has 4 rings (SSSR count). The summed E-state index contributed by atoms with van der Waals surface area (Å²) >= 11 is 0. The molecule has 0 spiro atoms. The predicted molar refractivity (Wildman–Crippen MR) is 118 cm³/mol. The van der Waals surface area contributed by atoms with Crippen LogP contribution in [0.2, 0.25) is 0 Å². The van der Waals surface area contributed by atoms with Crippen molar-refractivity contribution in [2.75, 3.05) is 25.2 Å². The number of nitrogens with zero attached hydrogens (tertiary/aromatic N) is 3. The van der Waals surface area contributed by atoms with Crippen molar-refractivity contribution in [1.82, 2.24) is 10.1 Å². The summed E-state index contributed by atoms with van der Waals surface area (Å²) in [6.07, 6.45) is 0.347. The normalized spacial score (nSPS) is 16.2. The number of aromatic nitrogens is 2. The van der Waals surface area contributed by atoms with Gasteiger partial charge in [-0.25, -0.2) is 0 Å². The van der Waals surface area contributed by atoms with Crippen molar-refractivity contribution in [3.05, 3.63) is 53.9 Å². The van der Waals surface area contributed by atoms with E-state index in [4.69, 9.17) is 14.0 Å². The monoisotopic (exact) mass is 421 g/mol. The van der Waals surface area contributed by atoms with Gasteiger partial charge in [0.05, 0.1) is 19.6 Å². The standard InChI is InChI=1S/C24H27N3O4/c1-5-30-20-11-8-17(12-21(20)29-4)23-25-24(31-26-23)18-13-22(28)27(14-18)19-9-6-16(7-10-19)15(2)3/h6-12,15,18H,5,13-14H2,1-4H3. The molecule has 0 N–H and O–H groups in total. The highest BCUT2D eigenvalue weighted by Crippen LogP contribution is 2.34. The Labute approximate surface area is 182 Å². The van der Waals surface area contributed by atoms with Crippen molar-refractivity contribution in [3.8, 4) is 22.9 Å². The Morgan fingerprint density at radius 2 is 1.94 bits per heavy atom. The quantitative estimate of drug-likeness (QED) is 0.546. The van der Waals surface area contributed by atoms with Gasteiger partial charge in [-0.15, -0.1) is 0 Å². The van der Waals surface area contributed by atoms with E-state index in [2.05, 4.69) is 36.1 Å². The highest BCUT2D eigenvalue weighted by atomic mass is 16.5. The second-order valence-electron chi connectivity index (χ2n) is 7.91. The molecule has 2 aromatic carbocycles. The van der Waals surface area contributed by atoms with Gasteiger partial charge in [0.1, 0.15) is 0 Å². The molecule has 1 unspecified atom stereocenters. The smallest absolute Gasteiger partial charge is 0.232 e. The molecule has 1 atom stereocenters. The van der Waals surface area contributed by atoms with Gasteiger partial charge in [-0.1, -0.05) is 31.1 Å². The first-order valence-electron chi connectivity index (χ1n) is 10.5. The van der Waals surface area contributed by atoms with Crippen LogP contribution in [-0.2, 0) is 4.79 Å². The maximum absolute atomic E-state index is 12.6. The van der Waals surface area contributed by atoms with Crippen LogP contribution in [0.5, 0.6) is 11.5 Å². The average Bonchev–Trinajstić information content (AvgIpc) is 3.41. The van der Waals surface area contributed by atoms with Crippen molar-refractivity contribution >= 4 is 11.6 Å². The number of benzene rings is 2. The molecule has 0 bridgehead atoms. The van der Waals surface area contributed by atoms with Crippen molar-refractivity contribution in [1.29, 1.82) is 0 Å². The maximum atomic E-state index is 12.6. The van der Waals surface area contributed by atoms with Crippen LogP contribution in [0.15, 0.2) is 47.0 Å². The number of carbonyl (C=O) groups is 1. The molecule has 1 aliphatic heterocycles. The Morgan fingerprint density at radius 3 is 2.61 bits per heavy atom. The molecule has 7 nitrogen and oxygen atoms in total. The third kappa shape index (κ3) is 4.26. The van der Waals surface area contributed by atoms with Crippen molar-refractivity contribution in [2.45, 2.75) is 39.0 Å². The van der Waals surface area contributed by atoms with Gasteiger partial charge >= 0.3 is 0 Å². The van der Waals surface area contributed by atoms with Crippen LogP contribution in [0.4, 0.5) is 5.69 Å². The lowest BCUT2D eigenvalue weighted by Gasteiger charge is -2.17. The summed E-state index contributed by atoms with van der Waals surface area (Å²) in [6, 6.07) is 13.7. The van der Waals surface area contributed by atoms with E-state index in [0.29, 0.717) is 48.7 Å². The van der Waals surface area contributed by atoms with Gasteiger partial charge in [0.15, 0.2) is 11.5 Å². The molecule has 1 aliphatic rings. The zero-order chi connectivity index (χ0) is 22.0. The van der Waals surface area contributed by atoms with Crippen LogP contribution in [0.25, 0.3) is 11.4 Å². The van der Waals surface area contributed by atoms with Crippen molar-refractivity contribution in [3.63, 3.8) is 0 Å². The molecule has 1 saturated heterocycles. The average molecular weight is 421 g/mol. The Bertz CT molecular complexity index is 1060. The van der Waals surface area contributed by atoms with Crippen LogP contribution in [0, 0.1) is 0 Å². The molecular formula is C24H27N3O4. The zero-order valence-corrected chi connectivity index (χ0v) is 18.3. The minimum atomic E-state index is -0.136. The number of amides is 1. The van der Waals surface area contributed by atoms with Crippen LogP contribution in [0.3, 0.4) is 0 Å². The summed E-state index contributed by atoms with van der Waals surface area (Å²) < 4.78 is 16.5. The van der Waals surface area contributed by atoms with Gasteiger partial charge < -0.3 is 18.9 Å².